The van der Waals surface area contributed by atoms with E-state index in [9.17, 15) is 0 Å². The molecular weight excluding hydrogens is 339 g/mol. The molecule has 132 valence electrons. The van der Waals surface area contributed by atoms with Crippen LogP contribution in [0.1, 0.15) is 11.6 Å². The maximum atomic E-state index is 5.54. The Kier molecular flexibility index (Phi) is 10.1. The molecule has 1 aliphatic heterocycles. The molecule has 0 aromatic heterocycles. The van der Waals surface area contributed by atoms with Crippen molar-refractivity contribution in [2.75, 3.05) is 47.5 Å². The van der Waals surface area contributed by atoms with Gasteiger partial charge in [0.15, 0.2) is 11.5 Å². The Morgan fingerprint density at radius 2 is 1.52 bits per heavy atom. The summed E-state index contributed by atoms with van der Waals surface area (Å²) >= 11 is 0. The van der Waals surface area contributed by atoms with E-state index in [1.54, 1.807) is 21.3 Å². The van der Waals surface area contributed by atoms with Crippen LogP contribution in [0.3, 0.4) is 0 Å². The molecular formula is C16H26Cl2N2O3. The minimum atomic E-state index is 0. The fraction of sp³-hybridized carbons (Fsp3) is 0.500. The highest BCUT2D eigenvalue weighted by atomic mass is 35.5. The Hall–Kier alpha value is -1.14. The van der Waals surface area contributed by atoms with E-state index < -0.39 is 0 Å². The fourth-order valence-electron chi connectivity index (χ4n) is 2.72. The third-order valence-electron chi connectivity index (χ3n) is 3.82. The van der Waals surface area contributed by atoms with Crippen LogP contribution >= 0.6 is 24.8 Å². The van der Waals surface area contributed by atoms with Crippen molar-refractivity contribution in [2.24, 2.45) is 0 Å². The van der Waals surface area contributed by atoms with E-state index in [0.29, 0.717) is 11.5 Å². The van der Waals surface area contributed by atoms with E-state index in [0.717, 1.165) is 37.5 Å². The number of nitrogens with one attached hydrogen (secondary N) is 1. The Morgan fingerprint density at radius 1 is 1.00 bits per heavy atom. The molecule has 1 heterocycles. The largest absolute Gasteiger partial charge is 0.496 e. The number of hydrogen-bond acceptors (Lipinski definition) is 5. The number of piperazine rings is 1. The molecule has 1 aliphatic rings. The smallest absolute Gasteiger partial charge is 0.164 e. The lowest BCUT2D eigenvalue weighted by molar-refractivity contribution is 0.200. The average Bonchev–Trinajstić information content (AvgIpc) is 2.56. The van der Waals surface area contributed by atoms with Gasteiger partial charge in [-0.05, 0) is 6.07 Å². The van der Waals surface area contributed by atoms with Gasteiger partial charge in [0.05, 0.1) is 27.4 Å². The van der Waals surface area contributed by atoms with Crippen LogP contribution < -0.4 is 19.5 Å². The molecule has 0 aliphatic carbocycles. The molecule has 0 bridgehead atoms. The second-order valence-electron chi connectivity index (χ2n) is 4.92. The van der Waals surface area contributed by atoms with Crippen molar-refractivity contribution >= 4 is 24.8 Å². The van der Waals surface area contributed by atoms with Gasteiger partial charge in [0.25, 0.3) is 0 Å². The van der Waals surface area contributed by atoms with Crippen LogP contribution in [0.25, 0.3) is 0 Å². The Morgan fingerprint density at radius 3 is 2.00 bits per heavy atom. The van der Waals surface area contributed by atoms with Gasteiger partial charge in [-0.25, -0.2) is 0 Å². The minimum Gasteiger partial charge on any atom is -0.496 e. The van der Waals surface area contributed by atoms with Gasteiger partial charge in [-0.3, -0.25) is 4.90 Å². The topological polar surface area (TPSA) is 43.0 Å². The van der Waals surface area contributed by atoms with E-state index in [4.69, 9.17) is 14.2 Å². The number of benzene rings is 1. The molecule has 1 N–H and O–H groups in total. The van der Waals surface area contributed by atoms with Gasteiger partial charge in [0, 0.05) is 37.8 Å². The van der Waals surface area contributed by atoms with E-state index >= 15 is 0 Å². The molecule has 1 saturated heterocycles. The molecule has 0 amide bonds. The Balaban J connectivity index is 0.00000242. The summed E-state index contributed by atoms with van der Waals surface area (Å²) < 4.78 is 16.3. The Labute approximate surface area is 150 Å². The number of nitrogens with zero attached hydrogens (tertiary/aromatic N) is 1. The minimum absolute atomic E-state index is 0. The highest BCUT2D eigenvalue weighted by Crippen LogP contribution is 2.39. The van der Waals surface area contributed by atoms with Crippen molar-refractivity contribution in [2.45, 2.75) is 6.04 Å². The maximum absolute atomic E-state index is 5.54. The van der Waals surface area contributed by atoms with Crippen molar-refractivity contribution in [3.05, 3.63) is 30.4 Å². The molecule has 0 spiro atoms. The van der Waals surface area contributed by atoms with Gasteiger partial charge in [-0.15, -0.1) is 31.4 Å². The van der Waals surface area contributed by atoms with Gasteiger partial charge >= 0.3 is 0 Å². The Bertz CT molecular complexity index is 494. The second kappa shape index (κ2) is 10.6. The summed E-state index contributed by atoms with van der Waals surface area (Å²) in [6.07, 6.45) is 1.95. The number of halogens is 2. The standard InChI is InChI=1S/C16H24N2O3.2ClH/c1-5-13(18-8-6-17-7-9-18)12-10-15(20-3)16(21-4)11-14(12)19-2;;/h5,10-11,13,17H,1,6-9H2,2-4H3;2*1H/t13-;;/m1../s1. The highest BCUT2D eigenvalue weighted by molar-refractivity contribution is 5.85. The average molecular weight is 365 g/mol. The first-order chi connectivity index (χ1) is 10.2. The summed E-state index contributed by atoms with van der Waals surface area (Å²) in [7, 11) is 4.93. The zero-order chi connectivity index (χ0) is 15.2. The normalized spacial score (nSPS) is 15.6. The molecule has 1 atom stereocenters. The van der Waals surface area contributed by atoms with Crippen molar-refractivity contribution in [3.8, 4) is 17.2 Å². The van der Waals surface area contributed by atoms with Crippen LogP contribution in [-0.2, 0) is 0 Å². The molecule has 1 aromatic carbocycles. The molecule has 1 fully saturated rings. The summed E-state index contributed by atoms with van der Waals surface area (Å²) in [5.41, 5.74) is 1.05. The summed E-state index contributed by atoms with van der Waals surface area (Å²) in [5, 5.41) is 3.36. The van der Waals surface area contributed by atoms with Gasteiger partial charge in [0.2, 0.25) is 0 Å². The lowest BCUT2D eigenvalue weighted by atomic mass is 10.0. The SMILES string of the molecule is C=C[C@H](c1cc(OC)c(OC)cc1OC)N1CCNCC1.Cl.Cl. The summed E-state index contributed by atoms with van der Waals surface area (Å²) in [4.78, 5) is 2.38. The van der Waals surface area contributed by atoms with E-state index in [1.807, 2.05) is 18.2 Å². The quantitative estimate of drug-likeness (QED) is 0.786. The molecule has 2 rings (SSSR count). The highest BCUT2D eigenvalue weighted by Gasteiger charge is 2.24. The molecule has 0 unspecified atom stereocenters. The zero-order valence-electron chi connectivity index (χ0n) is 13.8. The van der Waals surface area contributed by atoms with Crippen molar-refractivity contribution in [3.63, 3.8) is 0 Å². The summed E-state index contributed by atoms with van der Waals surface area (Å²) in [6.45, 7) is 7.93. The molecule has 5 nitrogen and oxygen atoms in total. The van der Waals surface area contributed by atoms with E-state index in [1.165, 1.54) is 0 Å². The lowest BCUT2D eigenvalue weighted by Gasteiger charge is -2.34. The summed E-state index contributed by atoms with van der Waals surface area (Å²) in [5.74, 6) is 2.16. The monoisotopic (exact) mass is 364 g/mol. The second-order valence-corrected chi connectivity index (χ2v) is 4.92. The van der Waals surface area contributed by atoms with Crippen LogP contribution in [-0.4, -0.2) is 52.4 Å². The number of ether oxygens (including phenoxy) is 3. The molecule has 23 heavy (non-hydrogen) atoms. The number of hydrogen-bond donors (Lipinski definition) is 1. The van der Waals surface area contributed by atoms with Crippen LogP contribution in [0.4, 0.5) is 0 Å². The van der Waals surface area contributed by atoms with Crippen LogP contribution in [0.5, 0.6) is 17.2 Å². The number of rotatable bonds is 6. The third kappa shape index (κ3) is 4.91. The van der Waals surface area contributed by atoms with Crippen LogP contribution in [0.15, 0.2) is 24.8 Å². The first-order valence-corrected chi connectivity index (χ1v) is 7.12. The molecule has 0 radical (unpaired) electrons. The predicted octanol–water partition coefficient (Wildman–Crippen LogP) is 2.69. The summed E-state index contributed by atoms with van der Waals surface area (Å²) in [6, 6.07) is 3.95. The lowest BCUT2D eigenvalue weighted by Crippen LogP contribution is -2.44. The van der Waals surface area contributed by atoms with Crippen molar-refractivity contribution in [1.29, 1.82) is 0 Å². The van der Waals surface area contributed by atoms with E-state index in [2.05, 4.69) is 16.8 Å². The molecule has 0 saturated carbocycles. The zero-order valence-corrected chi connectivity index (χ0v) is 15.5. The van der Waals surface area contributed by atoms with Crippen LogP contribution in [0, 0.1) is 0 Å². The molecule has 7 heteroatoms. The fourth-order valence-corrected chi connectivity index (χ4v) is 2.72. The predicted molar refractivity (Wildman–Crippen MR) is 98.0 cm³/mol. The van der Waals surface area contributed by atoms with E-state index in [-0.39, 0.29) is 30.9 Å². The van der Waals surface area contributed by atoms with Crippen LogP contribution in [0.2, 0.25) is 0 Å². The van der Waals surface area contributed by atoms with Gasteiger partial charge < -0.3 is 19.5 Å². The molecule has 1 aromatic rings. The first-order valence-electron chi connectivity index (χ1n) is 7.12. The third-order valence-corrected chi connectivity index (χ3v) is 3.82. The van der Waals surface area contributed by atoms with Gasteiger partial charge in [-0.2, -0.15) is 0 Å². The maximum Gasteiger partial charge on any atom is 0.164 e. The van der Waals surface area contributed by atoms with Crippen molar-refractivity contribution in [1.82, 2.24) is 10.2 Å². The van der Waals surface area contributed by atoms with Crippen molar-refractivity contribution < 1.29 is 14.2 Å². The van der Waals surface area contributed by atoms with Gasteiger partial charge in [0.1, 0.15) is 5.75 Å². The first kappa shape index (κ1) is 21.9. The van der Waals surface area contributed by atoms with Gasteiger partial charge in [-0.1, -0.05) is 6.08 Å². The number of methoxy groups -OCH3 is 3.